The average molecular weight is 721 g/mol. The van der Waals surface area contributed by atoms with Gasteiger partial charge in [-0.15, -0.1) is 6.58 Å². The van der Waals surface area contributed by atoms with Crippen LogP contribution < -0.4 is 0 Å². The summed E-state index contributed by atoms with van der Waals surface area (Å²) in [5, 5.41) is 0. The second-order valence-electron chi connectivity index (χ2n) is 15.8. The van der Waals surface area contributed by atoms with Crippen molar-refractivity contribution in [2.75, 3.05) is 0 Å². The van der Waals surface area contributed by atoms with Crippen molar-refractivity contribution in [3.63, 3.8) is 0 Å². The van der Waals surface area contributed by atoms with Crippen LogP contribution in [0.2, 0.25) is 0 Å². The summed E-state index contributed by atoms with van der Waals surface area (Å²) in [5.41, 5.74) is 19.5. The molecule has 55 heavy (non-hydrogen) atoms. The van der Waals surface area contributed by atoms with Crippen LogP contribution in [0, 0.1) is 0 Å². The quantitative estimate of drug-likeness (QED) is 0.0822. The summed E-state index contributed by atoms with van der Waals surface area (Å²) in [6.45, 7) is 8.32. The maximum Gasteiger partial charge on any atom is 0.0102 e. The van der Waals surface area contributed by atoms with Gasteiger partial charge < -0.3 is 0 Å². The van der Waals surface area contributed by atoms with E-state index in [1.807, 2.05) is 6.08 Å². The van der Waals surface area contributed by atoms with E-state index in [0.29, 0.717) is 11.8 Å². The van der Waals surface area contributed by atoms with Gasteiger partial charge >= 0.3 is 0 Å². The number of rotatable bonds is 13. The summed E-state index contributed by atoms with van der Waals surface area (Å²) >= 11 is 0. The number of benzene rings is 6. The minimum atomic E-state index is 0.608. The fraction of sp³-hybridized carbons (Fsp3) is 0.309. The van der Waals surface area contributed by atoms with Gasteiger partial charge in [-0.25, -0.2) is 0 Å². The largest absolute Gasteiger partial charge is 0.103 e. The van der Waals surface area contributed by atoms with Crippen LogP contribution in [0.1, 0.15) is 135 Å². The molecule has 0 saturated carbocycles. The Kier molecular flexibility index (Phi) is 13.3. The Hall–Kier alpha value is -4.94. The molecule has 6 aromatic carbocycles. The summed E-state index contributed by atoms with van der Waals surface area (Å²) in [6, 6.07) is 51.3. The van der Waals surface area contributed by atoms with E-state index < -0.39 is 0 Å². The van der Waals surface area contributed by atoms with Gasteiger partial charge in [-0.3, -0.25) is 0 Å². The zero-order chi connectivity index (χ0) is 37.8. The van der Waals surface area contributed by atoms with Crippen LogP contribution >= 0.6 is 0 Å². The Bertz CT molecular complexity index is 2060. The molecule has 0 nitrogen and oxygen atoms in total. The molecule has 0 saturated heterocycles. The third kappa shape index (κ3) is 8.65. The highest BCUT2D eigenvalue weighted by Gasteiger charge is 2.28. The minimum Gasteiger partial charge on any atom is -0.103 e. The molecule has 0 aliphatic heterocycles. The monoisotopic (exact) mass is 720 g/mol. The lowest BCUT2D eigenvalue weighted by atomic mass is 9.91. The molecule has 3 aliphatic carbocycles. The molecule has 0 unspecified atom stereocenters. The van der Waals surface area contributed by atoms with Crippen LogP contribution in [0.5, 0.6) is 0 Å². The van der Waals surface area contributed by atoms with Crippen LogP contribution in [0.4, 0.5) is 0 Å². The van der Waals surface area contributed by atoms with Gasteiger partial charge in [0.05, 0.1) is 0 Å². The molecule has 6 aromatic rings. The molecule has 0 fully saturated rings. The van der Waals surface area contributed by atoms with Crippen molar-refractivity contribution in [3.8, 4) is 33.4 Å². The van der Waals surface area contributed by atoms with Crippen molar-refractivity contribution < 1.29 is 0 Å². The minimum absolute atomic E-state index is 0.608. The first-order chi connectivity index (χ1) is 27.2. The normalized spacial score (nSPS) is 12.9. The van der Waals surface area contributed by atoms with E-state index in [4.69, 9.17) is 0 Å². The van der Waals surface area contributed by atoms with Crippen molar-refractivity contribution in [2.45, 2.75) is 109 Å². The smallest absolute Gasteiger partial charge is 0.0102 e. The average Bonchev–Trinajstić information content (AvgIpc) is 3.89. The SMILES string of the molecule is C=CCCCCCCC1c2ccccc2-c2ccccc21.CCCCC1c2ccccc2-c2ccccc21.CCCCc1cccc2c1-c1ccccc1C2. The molecule has 280 valence electrons. The molecule has 0 radical (unpaired) electrons. The number of aryl methyl sites for hydroxylation is 1. The van der Waals surface area contributed by atoms with Crippen LogP contribution in [0.25, 0.3) is 33.4 Å². The van der Waals surface area contributed by atoms with Gasteiger partial charge in [0.15, 0.2) is 0 Å². The number of allylic oxidation sites excluding steroid dienone is 1. The predicted octanol–water partition coefficient (Wildman–Crippen LogP) is 15.9. The fourth-order valence-corrected chi connectivity index (χ4v) is 9.39. The van der Waals surface area contributed by atoms with Crippen LogP contribution in [-0.4, -0.2) is 0 Å². The van der Waals surface area contributed by atoms with Crippen molar-refractivity contribution in [3.05, 3.63) is 191 Å². The van der Waals surface area contributed by atoms with Crippen molar-refractivity contribution >= 4 is 0 Å². The molecule has 0 heteroatoms. The zero-order valence-corrected chi connectivity index (χ0v) is 33.4. The summed E-state index contributed by atoms with van der Waals surface area (Å²) in [6.07, 6.45) is 18.5. The number of hydrogen-bond acceptors (Lipinski definition) is 0. The first-order valence-corrected chi connectivity index (χ1v) is 21.4. The highest BCUT2D eigenvalue weighted by Crippen LogP contribution is 2.48. The highest BCUT2D eigenvalue weighted by molar-refractivity contribution is 5.80. The molecule has 0 amide bonds. The van der Waals surface area contributed by atoms with Crippen LogP contribution in [-0.2, 0) is 12.8 Å². The van der Waals surface area contributed by atoms with E-state index in [-0.39, 0.29) is 0 Å². The first kappa shape index (κ1) is 38.3. The van der Waals surface area contributed by atoms with E-state index >= 15 is 0 Å². The van der Waals surface area contributed by atoms with Crippen LogP contribution in [0.15, 0.2) is 152 Å². The fourth-order valence-electron chi connectivity index (χ4n) is 9.39. The topological polar surface area (TPSA) is 0 Å². The Morgan fingerprint density at radius 3 is 1.44 bits per heavy atom. The van der Waals surface area contributed by atoms with E-state index in [0.717, 1.165) is 12.8 Å². The summed E-state index contributed by atoms with van der Waals surface area (Å²) < 4.78 is 0. The maximum atomic E-state index is 3.79. The van der Waals surface area contributed by atoms with Gasteiger partial charge in [0.2, 0.25) is 0 Å². The molecule has 3 aliphatic rings. The molecular weight excluding hydrogens is 661 g/mol. The molecular formula is C55H60. The molecule has 0 bridgehead atoms. The van der Waals surface area contributed by atoms with Gasteiger partial charge in [0, 0.05) is 11.8 Å². The number of hydrogen-bond donors (Lipinski definition) is 0. The molecule has 9 rings (SSSR count). The lowest BCUT2D eigenvalue weighted by molar-refractivity contribution is 0.591. The Morgan fingerprint density at radius 2 is 0.909 bits per heavy atom. The van der Waals surface area contributed by atoms with Gasteiger partial charge in [0.1, 0.15) is 0 Å². The summed E-state index contributed by atoms with van der Waals surface area (Å²) in [5.74, 6) is 1.24. The Balaban J connectivity index is 0.000000128. The Labute approximate surface area is 332 Å². The number of fused-ring (bicyclic) bond motifs is 9. The first-order valence-electron chi connectivity index (χ1n) is 21.4. The zero-order valence-electron chi connectivity index (χ0n) is 33.4. The third-order valence-electron chi connectivity index (χ3n) is 12.1. The molecule has 0 atom stereocenters. The predicted molar refractivity (Wildman–Crippen MR) is 238 cm³/mol. The molecule has 0 heterocycles. The second-order valence-corrected chi connectivity index (χ2v) is 15.8. The molecule has 0 spiro atoms. The van der Waals surface area contributed by atoms with Crippen molar-refractivity contribution in [2.24, 2.45) is 0 Å². The van der Waals surface area contributed by atoms with Gasteiger partial charge in [-0.2, -0.15) is 0 Å². The van der Waals surface area contributed by atoms with Crippen molar-refractivity contribution in [1.82, 2.24) is 0 Å². The summed E-state index contributed by atoms with van der Waals surface area (Å²) in [4.78, 5) is 0. The van der Waals surface area contributed by atoms with Crippen molar-refractivity contribution in [1.29, 1.82) is 0 Å². The second kappa shape index (κ2) is 19.1. The lowest BCUT2D eigenvalue weighted by Gasteiger charge is -2.13. The third-order valence-corrected chi connectivity index (χ3v) is 12.1. The molecule has 0 N–H and O–H groups in total. The van der Waals surface area contributed by atoms with Crippen LogP contribution in [0.3, 0.4) is 0 Å². The van der Waals surface area contributed by atoms with E-state index in [2.05, 4.69) is 160 Å². The van der Waals surface area contributed by atoms with E-state index in [9.17, 15) is 0 Å². The lowest BCUT2D eigenvalue weighted by Crippen LogP contribution is -1.96. The Morgan fingerprint density at radius 1 is 0.455 bits per heavy atom. The van der Waals surface area contributed by atoms with Gasteiger partial charge in [-0.1, -0.05) is 198 Å². The van der Waals surface area contributed by atoms with Gasteiger partial charge in [0.25, 0.3) is 0 Å². The molecule has 0 aromatic heterocycles. The highest BCUT2D eigenvalue weighted by atomic mass is 14.3. The van der Waals surface area contributed by atoms with E-state index in [1.54, 1.807) is 0 Å². The van der Waals surface area contributed by atoms with E-state index in [1.165, 1.54) is 143 Å². The summed E-state index contributed by atoms with van der Waals surface area (Å²) in [7, 11) is 0. The van der Waals surface area contributed by atoms with Gasteiger partial charge in [-0.05, 0) is 117 Å². The standard InChI is InChI=1S/C21H24.2C17H18/c1-2-3-4-5-6-7-12-17-18-13-8-10-15-20(18)21-16-11-9-14-19(17)21;1-2-3-8-13-14-9-4-6-11-16(14)17-12-7-5-10-15(13)17;1-2-3-7-13-9-6-10-15-12-14-8-4-5-11-16(14)17(13)15/h2,8-11,13-17H,1,3-7,12H2;4-7,9-13H,2-3,8H2,1H3;4-6,8-11H,2-3,7,12H2,1H3. The maximum absolute atomic E-state index is 3.79. The number of unbranched alkanes of at least 4 members (excludes halogenated alkanes) is 6.